The number of aryl methyl sites for hydroxylation is 1. The lowest BCUT2D eigenvalue weighted by Crippen LogP contribution is -2.11. The topological polar surface area (TPSA) is 88.1 Å². The van der Waals surface area contributed by atoms with Crippen LogP contribution in [0.1, 0.15) is 34.9 Å². The third-order valence-electron chi connectivity index (χ3n) is 5.39. The van der Waals surface area contributed by atoms with E-state index in [-0.39, 0.29) is 12.5 Å². The van der Waals surface area contributed by atoms with Crippen LogP contribution in [0.4, 0.5) is 0 Å². The first-order chi connectivity index (χ1) is 16.8. The number of hydrogen-bond acceptors (Lipinski definition) is 6. The molecule has 1 unspecified atom stereocenters. The Labute approximate surface area is 199 Å². The molecule has 0 fully saturated rings. The fourth-order valence-corrected chi connectivity index (χ4v) is 3.70. The van der Waals surface area contributed by atoms with Gasteiger partial charge in [0.25, 0.3) is 0 Å². The number of rotatable bonds is 11. The van der Waals surface area contributed by atoms with Gasteiger partial charge >= 0.3 is 0 Å². The highest BCUT2D eigenvalue weighted by Crippen LogP contribution is 2.32. The SMILES string of the molecule is C#CCOc1ccc(C(c2ccc(OCc3cnnn3CCCN)cc2)c2ccccn2)cc1. The maximum atomic E-state index is 5.99. The predicted octanol–water partition coefficient (Wildman–Crippen LogP) is 3.79. The number of benzene rings is 2. The fourth-order valence-electron chi connectivity index (χ4n) is 3.70. The van der Waals surface area contributed by atoms with Crippen molar-refractivity contribution in [3.63, 3.8) is 0 Å². The van der Waals surface area contributed by atoms with Gasteiger partial charge < -0.3 is 15.2 Å². The van der Waals surface area contributed by atoms with Crippen molar-refractivity contribution in [2.45, 2.75) is 25.5 Å². The predicted molar refractivity (Wildman–Crippen MR) is 130 cm³/mol. The second-order valence-electron chi connectivity index (χ2n) is 7.70. The Hall–Kier alpha value is -4.15. The van der Waals surface area contributed by atoms with Gasteiger partial charge in [0.2, 0.25) is 0 Å². The summed E-state index contributed by atoms with van der Waals surface area (Å²) in [4.78, 5) is 4.62. The lowest BCUT2D eigenvalue weighted by molar-refractivity contribution is 0.291. The van der Waals surface area contributed by atoms with Crippen molar-refractivity contribution in [1.82, 2.24) is 20.0 Å². The van der Waals surface area contributed by atoms with Gasteiger partial charge in [0.15, 0.2) is 0 Å². The molecule has 2 aromatic carbocycles. The number of nitrogens with zero attached hydrogens (tertiary/aromatic N) is 4. The molecule has 0 radical (unpaired) electrons. The van der Waals surface area contributed by atoms with Crippen molar-refractivity contribution >= 4 is 0 Å². The molecule has 0 aliphatic carbocycles. The van der Waals surface area contributed by atoms with Gasteiger partial charge in [-0.05, 0) is 60.5 Å². The Morgan fingerprint density at radius 1 is 0.941 bits per heavy atom. The molecular formula is C27H27N5O2. The summed E-state index contributed by atoms with van der Waals surface area (Å²) in [7, 11) is 0. The van der Waals surface area contributed by atoms with Crippen LogP contribution in [0, 0.1) is 12.3 Å². The molecule has 0 amide bonds. The minimum Gasteiger partial charge on any atom is -0.487 e. The average molecular weight is 454 g/mol. The van der Waals surface area contributed by atoms with Crippen LogP contribution >= 0.6 is 0 Å². The summed E-state index contributed by atoms with van der Waals surface area (Å²) in [5, 5.41) is 8.08. The van der Waals surface area contributed by atoms with Gasteiger partial charge in [-0.15, -0.1) is 11.5 Å². The smallest absolute Gasteiger partial charge is 0.148 e. The van der Waals surface area contributed by atoms with Crippen molar-refractivity contribution in [2.75, 3.05) is 13.2 Å². The molecule has 0 aliphatic rings. The Kier molecular flexibility index (Phi) is 7.88. The molecule has 0 saturated carbocycles. The van der Waals surface area contributed by atoms with E-state index in [1.165, 1.54) is 0 Å². The Balaban J connectivity index is 1.51. The second-order valence-corrected chi connectivity index (χ2v) is 7.70. The Morgan fingerprint density at radius 2 is 1.65 bits per heavy atom. The highest BCUT2D eigenvalue weighted by atomic mass is 16.5. The summed E-state index contributed by atoms with van der Waals surface area (Å²) in [5.41, 5.74) is 9.69. The number of aromatic nitrogens is 4. The molecule has 0 spiro atoms. The molecule has 0 aliphatic heterocycles. The summed E-state index contributed by atoms with van der Waals surface area (Å²) < 4.78 is 13.3. The molecule has 0 bridgehead atoms. The van der Waals surface area contributed by atoms with Gasteiger partial charge in [-0.2, -0.15) is 0 Å². The number of pyridine rings is 1. The molecule has 7 heteroatoms. The first-order valence-corrected chi connectivity index (χ1v) is 11.2. The quantitative estimate of drug-likeness (QED) is 0.348. The van der Waals surface area contributed by atoms with E-state index in [4.69, 9.17) is 21.6 Å². The van der Waals surface area contributed by atoms with Crippen LogP contribution in [-0.4, -0.2) is 33.1 Å². The average Bonchev–Trinajstić information content (AvgIpc) is 3.34. The molecule has 2 heterocycles. The van der Waals surface area contributed by atoms with E-state index in [0.717, 1.165) is 47.0 Å². The van der Waals surface area contributed by atoms with Crippen molar-refractivity contribution in [3.05, 3.63) is 102 Å². The molecule has 172 valence electrons. The van der Waals surface area contributed by atoms with E-state index in [1.54, 1.807) is 6.20 Å². The summed E-state index contributed by atoms with van der Waals surface area (Å²) >= 11 is 0. The van der Waals surface area contributed by atoms with Crippen LogP contribution < -0.4 is 15.2 Å². The monoisotopic (exact) mass is 453 g/mol. The van der Waals surface area contributed by atoms with Crippen molar-refractivity contribution in [2.24, 2.45) is 5.73 Å². The third kappa shape index (κ3) is 5.80. The first kappa shape index (κ1) is 23.0. The molecule has 2 aromatic heterocycles. The number of nitrogens with two attached hydrogens (primary N) is 1. The molecule has 0 saturated heterocycles. The van der Waals surface area contributed by atoms with E-state index < -0.39 is 0 Å². The first-order valence-electron chi connectivity index (χ1n) is 11.2. The van der Waals surface area contributed by atoms with Crippen LogP contribution in [0.5, 0.6) is 11.5 Å². The summed E-state index contributed by atoms with van der Waals surface area (Å²) in [6.07, 6.45) is 9.67. The van der Waals surface area contributed by atoms with Gasteiger partial charge in [0.05, 0.1) is 23.5 Å². The molecule has 4 aromatic rings. The maximum absolute atomic E-state index is 5.99. The fraction of sp³-hybridized carbons (Fsp3) is 0.222. The summed E-state index contributed by atoms with van der Waals surface area (Å²) in [5.74, 6) is 3.97. The second kappa shape index (κ2) is 11.6. The van der Waals surface area contributed by atoms with E-state index >= 15 is 0 Å². The standard InChI is InChI=1S/C27H27N5O2/c1-2-18-33-24-11-7-21(8-12-24)27(26-6-3-4-16-29-26)22-9-13-25(14-10-22)34-20-23-19-30-31-32(23)17-5-15-28/h1,3-4,6-14,16,19,27H,5,15,17-18,20,28H2. The maximum Gasteiger partial charge on any atom is 0.148 e. The van der Waals surface area contributed by atoms with Crippen LogP contribution in [-0.2, 0) is 13.2 Å². The van der Waals surface area contributed by atoms with Gasteiger partial charge in [0, 0.05) is 12.7 Å². The minimum absolute atomic E-state index is 0.0289. The summed E-state index contributed by atoms with van der Waals surface area (Å²) in [6.45, 7) is 1.97. The van der Waals surface area contributed by atoms with Crippen LogP contribution in [0.2, 0.25) is 0 Å². The van der Waals surface area contributed by atoms with Crippen molar-refractivity contribution in [1.29, 1.82) is 0 Å². The molecule has 4 rings (SSSR count). The van der Waals surface area contributed by atoms with Crippen molar-refractivity contribution < 1.29 is 9.47 Å². The van der Waals surface area contributed by atoms with Gasteiger partial charge in [-0.25, -0.2) is 4.68 Å². The van der Waals surface area contributed by atoms with E-state index in [2.05, 4.69) is 33.3 Å². The minimum atomic E-state index is -0.0289. The van der Waals surface area contributed by atoms with Crippen molar-refractivity contribution in [3.8, 4) is 23.8 Å². The zero-order valence-electron chi connectivity index (χ0n) is 18.9. The molecule has 1 atom stereocenters. The highest BCUT2D eigenvalue weighted by molar-refractivity contribution is 5.43. The van der Waals surface area contributed by atoms with Crippen LogP contribution in [0.25, 0.3) is 0 Å². The number of ether oxygens (including phenoxy) is 2. The van der Waals surface area contributed by atoms with Crippen LogP contribution in [0.15, 0.2) is 79.1 Å². The zero-order chi connectivity index (χ0) is 23.6. The van der Waals surface area contributed by atoms with E-state index in [9.17, 15) is 0 Å². The lowest BCUT2D eigenvalue weighted by Gasteiger charge is -2.19. The zero-order valence-corrected chi connectivity index (χ0v) is 18.9. The largest absolute Gasteiger partial charge is 0.487 e. The summed E-state index contributed by atoms with van der Waals surface area (Å²) in [6, 6.07) is 22.0. The van der Waals surface area contributed by atoms with Crippen LogP contribution in [0.3, 0.4) is 0 Å². The van der Waals surface area contributed by atoms with E-state index in [1.807, 2.05) is 65.5 Å². The normalized spacial score (nSPS) is 11.5. The Morgan fingerprint density at radius 3 is 2.26 bits per heavy atom. The van der Waals surface area contributed by atoms with Gasteiger partial charge in [-0.3, -0.25) is 4.98 Å². The third-order valence-corrected chi connectivity index (χ3v) is 5.39. The Bertz CT molecular complexity index is 1200. The number of terminal acetylenes is 1. The van der Waals surface area contributed by atoms with Gasteiger partial charge in [0.1, 0.15) is 24.7 Å². The van der Waals surface area contributed by atoms with Gasteiger partial charge in [-0.1, -0.05) is 41.5 Å². The molecule has 34 heavy (non-hydrogen) atoms. The molecule has 2 N–H and O–H groups in total. The molecule has 7 nitrogen and oxygen atoms in total. The van der Waals surface area contributed by atoms with E-state index in [0.29, 0.717) is 13.2 Å². The molecular weight excluding hydrogens is 426 g/mol. The lowest BCUT2D eigenvalue weighted by atomic mass is 9.88. The highest BCUT2D eigenvalue weighted by Gasteiger charge is 2.18. The number of hydrogen-bond donors (Lipinski definition) is 1.